The highest BCUT2D eigenvalue weighted by Crippen LogP contribution is 2.46. The number of unbranched alkanes of at least 4 members (excludes halogenated alkanes) is 2. The Kier molecular flexibility index (Phi) is 22.4. The number of carboxylic acid groups (broad SMARTS) is 1. The molecule has 0 bridgehead atoms. The average molecular weight is 1250 g/mol. The van der Waals surface area contributed by atoms with E-state index >= 15 is 4.39 Å². The maximum atomic E-state index is 15.6. The fourth-order valence-electron chi connectivity index (χ4n) is 11.0. The maximum absolute atomic E-state index is 15.6. The van der Waals surface area contributed by atoms with Gasteiger partial charge in [0.15, 0.2) is 11.7 Å². The number of nitrogens with one attached hydrogen (secondary N) is 5. The topological polar surface area (TPSA) is 393 Å². The number of aromatic nitrogens is 2. The number of aliphatic carboxylic acids is 1. The molecule has 0 saturated carbocycles. The number of carboxylic acids is 1. The summed E-state index contributed by atoms with van der Waals surface area (Å²) in [6.45, 7) is 6.24. The number of aliphatic hydroxyl groups excluding tert-OH is 3. The summed E-state index contributed by atoms with van der Waals surface area (Å²) in [5.74, 6) is -5.40. The second-order valence-electron chi connectivity index (χ2n) is 22.2. The van der Waals surface area contributed by atoms with E-state index < -0.39 is 108 Å². The molecular formula is C60H75FN8O20. The van der Waals surface area contributed by atoms with Crippen molar-refractivity contribution >= 4 is 58.3 Å². The van der Waals surface area contributed by atoms with Crippen LogP contribution in [-0.4, -0.2) is 166 Å². The van der Waals surface area contributed by atoms with Gasteiger partial charge in [-0.2, -0.15) is 0 Å². The Morgan fingerprint density at radius 3 is 2.42 bits per heavy atom. The van der Waals surface area contributed by atoms with Gasteiger partial charge < -0.3 is 89.9 Å². The number of pyridine rings is 2. The van der Waals surface area contributed by atoms with Gasteiger partial charge in [0.05, 0.1) is 60.6 Å². The second kappa shape index (κ2) is 29.9. The Bertz CT molecular complexity index is 3430. The number of methoxy groups -OCH3 is 1. The van der Waals surface area contributed by atoms with Gasteiger partial charge in [-0.15, -0.1) is 0 Å². The van der Waals surface area contributed by atoms with Gasteiger partial charge in [-0.25, -0.2) is 23.8 Å². The van der Waals surface area contributed by atoms with Crippen LogP contribution in [0.3, 0.4) is 0 Å². The van der Waals surface area contributed by atoms with E-state index in [0.717, 1.165) is 5.71 Å². The largest absolute Gasteiger partial charge is 0.479 e. The molecule has 4 aromatic rings. The number of esters is 1. The van der Waals surface area contributed by atoms with E-state index in [1.165, 1.54) is 42.0 Å². The molecule has 8 rings (SSSR count). The predicted molar refractivity (Wildman–Crippen MR) is 310 cm³/mol. The number of halogens is 1. The molecule has 482 valence electrons. The highest BCUT2D eigenvalue weighted by Gasteiger charge is 2.49. The Hall–Kier alpha value is -8.19. The molecule has 4 aliphatic rings. The summed E-state index contributed by atoms with van der Waals surface area (Å²) < 4.78 is 49.6. The van der Waals surface area contributed by atoms with Gasteiger partial charge >= 0.3 is 18.0 Å². The van der Waals surface area contributed by atoms with Crippen molar-refractivity contribution in [3.63, 3.8) is 0 Å². The van der Waals surface area contributed by atoms with Crippen molar-refractivity contribution in [1.82, 2.24) is 36.1 Å². The number of ether oxygens (including phenoxy) is 6. The van der Waals surface area contributed by atoms with Crippen molar-refractivity contribution < 1.29 is 96.7 Å². The van der Waals surface area contributed by atoms with Crippen LogP contribution in [-0.2, 0) is 95.6 Å². The fourth-order valence-corrected chi connectivity index (χ4v) is 11.0. The van der Waals surface area contributed by atoms with Gasteiger partial charge in [0, 0.05) is 74.1 Å². The second-order valence-corrected chi connectivity index (χ2v) is 22.2. The van der Waals surface area contributed by atoms with Gasteiger partial charge in [0.1, 0.15) is 55.7 Å². The number of benzene rings is 2. The third-order valence-corrected chi connectivity index (χ3v) is 15.8. The highest BCUT2D eigenvalue weighted by atomic mass is 19.1. The third kappa shape index (κ3) is 15.6. The van der Waals surface area contributed by atoms with E-state index in [0.29, 0.717) is 77.8 Å². The van der Waals surface area contributed by atoms with Gasteiger partial charge in [0.2, 0.25) is 29.9 Å². The molecule has 8 unspecified atom stereocenters. The minimum absolute atomic E-state index is 0.0129. The van der Waals surface area contributed by atoms with Crippen molar-refractivity contribution in [2.24, 2.45) is 5.16 Å². The molecule has 0 radical (unpaired) electrons. The number of nitrogens with zero attached hydrogens (tertiary/aromatic N) is 3. The minimum atomic E-state index is -2.10. The number of oxime groups is 1. The zero-order valence-electron chi connectivity index (χ0n) is 49.9. The number of fused-ring (bicyclic) bond motifs is 5. The van der Waals surface area contributed by atoms with Crippen LogP contribution in [0.5, 0.6) is 5.75 Å². The summed E-state index contributed by atoms with van der Waals surface area (Å²) >= 11 is 0. The summed E-state index contributed by atoms with van der Waals surface area (Å²) in [7, 11) is 1.51. The molecule has 1 saturated heterocycles. The standard InChI is InChI=1S/C60H75FN8O20/c1-6-60(82)37-23-42-49-35(27-69(42)55(77)36(37)29-85-58(60)80)48-39(13-12-34-31(4)38(61)24-40(66-49)47(34)48)67-59(81)86-28-32-11-14-43(88-57-52(75)50(73)51(74)53(89-57)56(78)79)33(22-32)25-63-44(70)15-17-62-54(76)41(26-64-45(71)16-19-84-21-20-83-5)65-46(72)10-8-7-9-18-87-68-30(2)3/h11,14,22-24,39,41,50-53,57,73-75,82H,6-10,12-13,15-21,25-29H2,1-5H3,(H,62,76)(H,63,70)(H,64,71)(H,65,72)(H,67,81)(H,78,79). The molecule has 1 fully saturated rings. The first kappa shape index (κ1) is 66.8. The van der Waals surface area contributed by atoms with Crippen LogP contribution in [0, 0.1) is 12.7 Å². The smallest absolute Gasteiger partial charge is 0.407 e. The van der Waals surface area contributed by atoms with Crippen molar-refractivity contribution in [1.29, 1.82) is 0 Å². The lowest BCUT2D eigenvalue weighted by molar-refractivity contribution is -0.271. The summed E-state index contributed by atoms with van der Waals surface area (Å²) in [6, 6.07) is 5.08. The van der Waals surface area contributed by atoms with Crippen molar-refractivity contribution in [2.75, 3.05) is 46.6 Å². The summed E-state index contributed by atoms with van der Waals surface area (Å²) in [6.07, 6.45) is -8.79. The van der Waals surface area contributed by atoms with Crippen LogP contribution in [0.4, 0.5) is 9.18 Å². The van der Waals surface area contributed by atoms with Gasteiger partial charge in [0.25, 0.3) is 5.56 Å². The van der Waals surface area contributed by atoms with Crippen LogP contribution in [0.1, 0.15) is 123 Å². The van der Waals surface area contributed by atoms with E-state index in [2.05, 4.69) is 31.7 Å². The van der Waals surface area contributed by atoms with Crippen LogP contribution < -0.4 is 36.9 Å². The Morgan fingerprint density at radius 2 is 1.67 bits per heavy atom. The average Bonchev–Trinajstić information content (AvgIpc) is 1.71. The first-order valence-corrected chi connectivity index (χ1v) is 29.3. The predicted octanol–water partition coefficient (Wildman–Crippen LogP) is 1.46. The lowest BCUT2D eigenvalue weighted by Gasteiger charge is -2.38. The number of carbonyl (C=O) groups excluding carboxylic acids is 6. The van der Waals surface area contributed by atoms with Gasteiger partial charge in [-0.3, -0.25) is 24.0 Å². The molecular weight excluding hydrogens is 1170 g/mol. The zero-order chi connectivity index (χ0) is 64.3. The lowest BCUT2D eigenvalue weighted by Crippen LogP contribution is -2.61. The van der Waals surface area contributed by atoms with Gasteiger partial charge in [-0.1, -0.05) is 18.1 Å². The number of hydrogen-bond acceptors (Lipinski definition) is 21. The zero-order valence-corrected chi connectivity index (χ0v) is 49.9. The molecule has 5 heterocycles. The molecule has 3 aliphatic heterocycles. The maximum Gasteiger partial charge on any atom is 0.407 e. The Labute approximate surface area is 509 Å². The minimum Gasteiger partial charge on any atom is -0.479 e. The quantitative estimate of drug-likeness (QED) is 0.0140. The van der Waals surface area contributed by atoms with E-state index in [-0.39, 0.29) is 112 Å². The summed E-state index contributed by atoms with van der Waals surface area (Å²) in [4.78, 5) is 116. The molecule has 2 aromatic heterocycles. The summed E-state index contributed by atoms with van der Waals surface area (Å²) in [5.41, 5.74) is 1.82. The number of carbonyl (C=O) groups is 7. The molecule has 28 nitrogen and oxygen atoms in total. The Balaban J connectivity index is 0.953. The number of amides is 5. The molecule has 2 aromatic carbocycles. The first-order valence-electron chi connectivity index (χ1n) is 29.3. The summed E-state index contributed by atoms with van der Waals surface area (Å²) in [5, 5.41) is 70.8. The highest BCUT2D eigenvalue weighted by molar-refractivity contribution is 5.94. The van der Waals surface area contributed by atoms with E-state index in [4.69, 9.17) is 38.2 Å². The molecule has 1 aliphatic carbocycles. The lowest BCUT2D eigenvalue weighted by atomic mass is 9.81. The molecule has 5 amide bonds. The van der Waals surface area contributed by atoms with E-state index in [9.17, 15) is 63.9 Å². The third-order valence-electron chi connectivity index (χ3n) is 15.8. The van der Waals surface area contributed by atoms with Crippen molar-refractivity contribution in [3.05, 3.63) is 91.0 Å². The number of rotatable bonds is 29. The number of hydrogen-bond donors (Lipinski definition) is 10. The van der Waals surface area contributed by atoms with E-state index in [1.807, 2.05) is 0 Å². The monoisotopic (exact) mass is 1250 g/mol. The van der Waals surface area contributed by atoms with Crippen molar-refractivity contribution in [3.8, 4) is 17.1 Å². The molecule has 10 N–H and O–H groups in total. The van der Waals surface area contributed by atoms with E-state index in [1.54, 1.807) is 27.7 Å². The molecule has 29 heteroatoms. The molecule has 0 spiro atoms. The number of aryl methyl sites for hydroxylation is 1. The van der Waals surface area contributed by atoms with Crippen LogP contribution in [0.15, 0.2) is 40.3 Å². The van der Waals surface area contributed by atoms with Crippen LogP contribution in [0.25, 0.3) is 22.3 Å². The van der Waals surface area contributed by atoms with Crippen LogP contribution >= 0.6 is 0 Å². The number of aliphatic hydroxyl groups is 4. The van der Waals surface area contributed by atoms with Gasteiger partial charge in [-0.05, 0) is 99.7 Å². The van der Waals surface area contributed by atoms with Crippen molar-refractivity contribution in [2.45, 2.75) is 160 Å². The first-order chi connectivity index (χ1) is 42.5. The normalized spacial score (nSPS) is 20.8. The fraction of sp³-hybridized carbons (Fsp3) is 0.533. The Morgan fingerprint density at radius 1 is 0.899 bits per heavy atom. The molecule has 89 heavy (non-hydrogen) atoms. The number of cyclic esters (lactones) is 1. The number of alkyl carbamates (subject to hydrolysis) is 1. The SMILES string of the molecule is CCC1(O)C(=O)OCc2c1cc1n(c2=O)Cc2c-1nc1cc(F)c(C)c3c1c2C(NC(=O)OCc1ccc(OC2OC(C(=O)O)C(O)C(O)C2O)c(CNC(=O)CCNC(=O)C(CNC(=O)CCOCCOC)NC(=O)CCCCCON=C(C)C)c1)CC3. The molecule has 8 atom stereocenters. The van der Waals surface area contributed by atoms with Crippen LogP contribution in [0.2, 0.25) is 0 Å².